The van der Waals surface area contributed by atoms with E-state index < -0.39 is 0 Å². The van der Waals surface area contributed by atoms with Crippen LogP contribution in [-0.2, 0) is 16.0 Å². The average Bonchev–Trinajstić information content (AvgIpc) is 2.28. The quantitative estimate of drug-likeness (QED) is 0.605. The average molecular weight is 219 g/mol. The van der Waals surface area contributed by atoms with Crippen molar-refractivity contribution in [2.45, 2.75) is 19.4 Å². The van der Waals surface area contributed by atoms with Crippen molar-refractivity contribution >= 4 is 5.97 Å². The maximum atomic E-state index is 11.0. The highest BCUT2D eigenvalue weighted by Gasteiger charge is 2.01. The molecule has 1 atom stereocenters. The number of hydrogen-bond donors (Lipinski definition) is 1. The van der Waals surface area contributed by atoms with Gasteiger partial charge in [-0.2, -0.15) is 0 Å². The molecule has 1 aromatic rings. The molecule has 3 heteroatoms. The lowest BCUT2D eigenvalue weighted by Crippen LogP contribution is -2.20. The first-order chi connectivity index (χ1) is 7.72. The van der Waals surface area contributed by atoms with Crippen molar-refractivity contribution in [3.05, 3.63) is 48.0 Å². The zero-order valence-electron chi connectivity index (χ0n) is 9.43. The maximum Gasteiger partial charge on any atom is 0.330 e. The molecule has 16 heavy (non-hydrogen) atoms. The van der Waals surface area contributed by atoms with Crippen LogP contribution < -0.4 is 5.73 Å². The molecule has 3 nitrogen and oxygen atoms in total. The van der Waals surface area contributed by atoms with Crippen molar-refractivity contribution in [2.75, 3.05) is 6.61 Å². The topological polar surface area (TPSA) is 52.3 Å². The summed E-state index contributed by atoms with van der Waals surface area (Å²) in [5.41, 5.74) is 7.01. The molecule has 0 spiro atoms. The first-order valence-electron chi connectivity index (χ1n) is 5.37. The van der Waals surface area contributed by atoms with Crippen LogP contribution in [0.25, 0.3) is 0 Å². The Morgan fingerprint density at radius 2 is 2.12 bits per heavy atom. The molecule has 0 radical (unpaired) electrons. The summed E-state index contributed by atoms with van der Waals surface area (Å²) in [5.74, 6) is -0.342. The fourth-order valence-corrected chi connectivity index (χ4v) is 1.35. The van der Waals surface area contributed by atoms with Gasteiger partial charge in [0, 0.05) is 12.1 Å². The Kier molecular flexibility index (Phi) is 5.29. The molecular weight excluding hydrogens is 202 g/mol. The van der Waals surface area contributed by atoms with Gasteiger partial charge in [0.2, 0.25) is 0 Å². The molecule has 0 amide bonds. The molecule has 0 saturated carbocycles. The fourth-order valence-electron chi connectivity index (χ4n) is 1.35. The summed E-state index contributed by atoms with van der Waals surface area (Å²) in [7, 11) is 0. The molecule has 86 valence electrons. The zero-order chi connectivity index (χ0) is 11.8. The lowest BCUT2D eigenvalue weighted by atomic mass is 10.1. The second kappa shape index (κ2) is 6.80. The van der Waals surface area contributed by atoms with Gasteiger partial charge < -0.3 is 10.5 Å². The van der Waals surface area contributed by atoms with Crippen molar-refractivity contribution in [3.63, 3.8) is 0 Å². The lowest BCUT2D eigenvalue weighted by molar-refractivity contribution is -0.137. The number of rotatable bonds is 5. The van der Waals surface area contributed by atoms with Gasteiger partial charge in [0.05, 0.1) is 6.61 Å². The Bertz CT molecular complexity index is 346. The minimum atomic E-state index is -0.342. The van der Waals surface area contributed by atoms with Crippen molar-refractivity contribution in [3.8, 4) is 0 Å². The molecule has 1 unspecified atom stereocenters. The van der Waals surface area contributed by atoms with Crippen molar-refractivity contribution in [1.29, 1.82) is 0 Å². The van der Waals surface area contributed by atoms with Crippen LogP contribution >= 0.6 is 0 Å². The molecule has 0 aliphatic rings. The minimum absolute atomic E-state index is 0.160. The maximum absolute atomic E-state index is 11.0. The van der Waals surface area contributed by atoms with Gasteiger partial charge in [-0.1, -0.05) is 36.4 Å². The SMILES string of the molecule is CCOC(=O)C=CC(N)Cc1ccccc1. The summed E-state index contributed by atoms with van der Waals surface area (Å²) in [6, 6.07) is 9.76. The molecule has 0 aromatic heterocycles. The van der Waals surface area contributed by atoms with Crippen LogP contribution in [0.4, 0.5) is 0 Å². The van der Waals surface area contributed by atoms with Gasteiger partial charge in [-0.05, 0) is 18.9 Å². The number of carbonyl (C=O) groups excluding carboxylic acids is 1. The molecule has 0 heterocycles. The fraction of sp³-hybridized carbons (Fsp3) is 0.308. The first-order valence-corrected chi connectivity index (χ1v) is 5.37. The Labute approximate surface area is 95.9 Å². The highest BCUT2D eigenvalue weighted by molar-refractivity contribution is 5.81. The van der Waals surface area contributed by atoms with Gasteiger partial charge in [0.15, 0.2) is 0 Å². The number of hydrogen-bond acceptors (Lipinski definition) is 3. The van der Waals surface area contributed by atoms with Crippen LogP contribution in [0.2, 0.25) is 0 Å². The van der Waals surface area contributed by atoms with Crippen LogP contribution in [-0.4, -0.2) is 18.6 Å². The molecule has 0 fully saturated rings. The number of ether oxygens (including phenoxy) is 1. The van der Waals surface area contributed by atoms with E-state index in [0.29, 0.717) is 6.61 Å². The molecule has 0 aliphatic carbocycles. The normalized spacial score (nSPS) is 12.6. The zero-order valence-corrected chi connectivity index (χ0v) is 9.43. The van der Waals surface area contributed by atoms with Gasteiger partial charge >= 0.3 is 5.97 Å². The van der Waals surface area contributed by atoms with Gasteiger partial charge in [-0.15, -0.1) is 0 Å². The standard InChI is InChI=1S/C13H17NO2/c1-2-16-13(15)9-8-12(14)10-11-6-4-3-5-7-11/h3-9,12H,2,10,14H2,1H3. The lowest BCUT2D eigenvalue weighted by Gasteiger charge is -2.06. The Balaban J connectivity index is 2.41. The second-order valence-electron chi connectivity index (χ2n) is 3.46. The highest BCUT2D eigenvalue weighted by atomic mass is 16.5. The van der Waals surface area contributed by atoms with Gasteiger partial charge in [0.1, 0.15) is 0 Å². The third kappa shape index (κ3) is 4.75. The molecule has 1 rings (SSSR count). The summed E-state index contributed by atoms with van der Waals surface area (Å²) >= 11 is 0. The van der Waals surface area contributed by atoms with E-state index in [2.05, 4.69) is 0 Å². The van der Waals surface area contributed by atoms with E-state index in [1.807, 2.05) is 30.3 Å². The van der Waals surface area contributed by atoms with Crippen LogP contribution in [0, 0.1) is 0 Å². The van der Waals surface area contributed by atoms with E-state index in [-0.39, 0.29) is 12.0 Å². The smallest absolute Gasteiger partial charge is 0.330 e. The van der Waals surface area contributed by atoms with E-state index >= 15 is 0 Å². The molecular formula is C13H17NO2. The minimum Gasteiger partial charge on any atom is -0.463 e. The van der Waals surface area contributed by atoms with Crippen molar-refractivity contribution in [1.82, 2.24) is 0 Å². The summed E-state index contributed by atoms with van der Waals surface area (Å²) in [4.78, 5) is 11.0. The van der Waals surface area contributed by atoms with Crippen LogP contribution in [0.1, 0.15) is 12.5 Å². The monoisotopic (exact) mass is 219 g/mol. The summed E-state index contributed by atoms with van der Waals surface area (Å²) in [5, 5.41) is 0. The van der Waals surface area contributed by atoms with Gasteiger partial charge in [-0.3, -0.25) is 0 Å². The summed E-state index contributed by atoms with van der Waals surface area (Å²) in [6.45, 7) is 2.16. The number of esters is 1. The molecule has 0 aliphatic heterocycles. The Hall–Kier alpha value is -1.61. The van der Waals surface area contributed by atoms with E-state index in [4.69, 9.17) is 10.5 Å². The predicted molar refractivity (Wildman–Crippen MR) is 63.9 cm³/mol. The number of carbonyl (C=O) groups is 1. The molecule has 2 N–H and O–H groups in total. The number of nitrogens with two attached hydrogens (primary N) is 1. The Morgan fingerprint density at radius 3 is 2.75 bits per heavy atom. The first kappa shape index (κ1) is 12.5. The molecule has 0 bridgehead atoms. The van der Waals surface area contributed by atoms with Gasteiger partial charge in [0.25, 0.3) is 0 Å². The van der Waals surface area contributed by atoms with E-state index in [9.17, 15) is 4.79 Å². The second-order valence-corrected chi connectivity index (χ2v) is 3.46. The molecule has 0 saturated heterocycles. The van der Waals surface area contributed by atoms with E-state index in [1.54, 1.807) is 13.0 Å². The summed E-state index contributed by atoms with van der Waals surface area (Å²) in [6.07, 6.45) is 3.78. The Morgan fingerprint density at radius 1 is 1.44 bits per heavy atom. The third-order valence-corrected chi connectivity index (χ3v) is 2.08. The summed E-state index contributed by atoms with van der Waals surface area (Å²) < 4.78 is 4.76. The third-order valence-electron chi connectivity index (χ3n) is 2.08. The van der Waals surface area contributed by atoms with Gasteiger partial charge in [-0.25, -0.2) is 4.79 Å². The predicted octanol–water partition coefficient (Wildman–Crippen LogP) is 1.68. The molecule has 1 aromatic carbocycles. The van der Waals surface area contributed by atoms with Crippen LogP contribution in [0.15, 0.2) is 42.5 Å². The van der Waals surface area contributed by atoms with Crippen molar-refractivity contribution < 1.29 is 9.53 Å². The van der Waals surface area contributed by atoms with E-state index in [1.165, 1.54) is 6.08 Å². The number of benzene rings is 1. The highest BCUT2D eigenvalue weighted by Crippen LogP contribution is 2.02. The van der Waals surface area contributed by atoms with Crippen LogP contribution in [0.5, 0.6) is 0 Å². The van der Waals surface area contributed by atoms with Crippen LogP contribution in [0.3, 0.4) is 0 Å². The van der Waals surface area contributed by atoms with Crippen molar-refractivity contribution in [2.24, 2.45) is 5.73 Å². The largest absolute Gasteiger partial charge is 0.463 e. The van der Waals surface area contributed by atoms with E-state index in [0.717, 1.165) is 12.0 Å².